The summed E-state index contributed by atoms with van der Waals surface area (Å²) in [7, 11) is 0. The predicted molar refractivity (Wildman–Crippen MR) is 65.1 cm³/mol. The Hall–Kier alpha value is -1.59. The molecule has 90 valence electrons. The van der Waals surface area contributed by atoms with Crippen molar-refractivity contribution in [3.8, 4) is 0 Å². The molecule has 5 heteroatoms. The molecule has 1 atom stereocenters. The lowest BCUT2D eigenvalue weighted by atomic mass is 10.2. The molecule has 1 unspecified atom stereocenters. The number of rotatable bonds is 4. The minimum atomic E-state index is -0.668. The van der Waals surface area contributed by atoms with E-state index in [1.165, 1.54) is 17.6 Å². The molecule has 0 fully saturated rings. The van der Waals surface area contributed by atoms with Gasteiger partial charge in [-0.2, -0.15) is 11.3 Å². The molecule has 0 radical (unpaired) electrons. The van der Waals surface area contributed by atoms with Crippen LogP contribution < -0.4 is 5.32 Å². The van der Waals surface area contributed by atoms with Crippen LogP contribution in [0.4, 0.5) is 0 Å². The number of furan rings is 1. The fourth-order valence-electron chi connectivity index (χ4n) is 1.44. The number of carbonyl (C=O) groups excluding carboxylic acids is 1. The maximum atomic E-state index is 11.7. The Morgan fingerprint density at radius 2 is 2.47 bits per heavy atom. The first kappa shape index (κ1) is 11.9. The van der Waals surface area contributed by atoms with Crippen LogP contribution in [-0.2, 0) is 0 Å². The SMILES string of the molecule is Cc1cc(C(=O)NCC(O)c2ccsc2)co1. The molecule has 2 N–H and O–H groups in total. The average molecular weight is 251 g/mol. The molecule has 0 aliphatic rings. The molecule has 0 bridgehead atoms. The zero-order chi connectivity index (χ0) is 12.3. The second-order valence-electron chi connectivity index (χ2n) is 3.73. The van der Waals surface area contributed by atoms with E-state index in [1.54, 1.807) is 13.0 Å². The molecule has 0 spiro atoms. The van der Waals surface area contributed by atoms with Gasteiger partial charge in [-0.05, 0) is 35.4 Å². The Morgan fingerprint density at radius 3 is 3.06 bits per heavy atom. The first-order valence-corrected chi connectivity index (χ1v) is 6.14. The van der Waals surface area contributed by atoms with Gasteiger partial charge in [0.05, 0.1) is 11.7 Å². The summed E-state index contributed by atoms with van der Waals surface area (Å²) in [6.07, 6.45) is 0.736. The van der Waals surface area contributed by atoms with E-state index >= 15 is 0 Å². The van der Waals surface area contributed by atoms with Gasteiger partial charge in [0.2, 0.25) is 0 Å². The van der Waals surface area contributed by atoms with Crippen LogP contribution in [0, 0.1) is 6.92 Å². The maximum absolute atomic E-state index is 11.7. The molecule has 2 aromatic heterocycles. The number of aryl methyl sites for hydroxylation is 1. The summed E-state index contributed by atoms with van der Waals surface area (Å²) >= 11 is 1.51. The minimum absolute atomic E-state index is 0.194. The van der Waals surface area contributed by atoms with Crippen LogP contribution in [-0.4, -0.2) is 17.6 Å². The third kappa shape index (κ3) is 2.95. The number of nitrogens with one attached hydrogen (secondary N) is 1. The van der Waals surface area contributed by atoms with Gasteiger partial charge < -0.3 is 14.8 Å². The van der Waals surface area contributed by atoms with Gasteiger partial charge in [-0.15, -0.1) is 0 Å². The van der Waals surface area contributed by atoms with Crippen LogP contribution in [0.3, 0.4) is 0 Å². The standard InChI is InChI=1S/C12H13NO3S/c1-8-4-10(6-16-8)12(15)13-5-11(14)9-2-3-17-7-9/h2-4,6-7,11,14H,5H2,1H3,(H,13,15). The maximum Gasteiger partial charge on any atom is 0.254 e. The third-order valence-corrected chi connectivity index (χ3v) is 3.08. The highest BCUT2D eigenvalue weighted by Crippen LogP contribution is 2.15. The molecule has 2 rings (SSSR count). The second-order valence-corrected chi connectivity index (χ2v) is 4.51. The molecule has 0 aliphatic carbocycles. The zero-order valence-electron chi connectivity index (χ0n) is 9.34. The van der Waals surface area contributed by atoms with Crippen molar-refractivity contribution in [2.24, 2.45) is 0 Å². The van der Waals surface area contributed by atoms with Crippen molar-refractivity contribution in [1.29, 1.82) is 0 Å². The van der Waals surface area contributed by atoms with E-state index in [0.717, 1.165) is 5.56 Å². The van der Waals surface area contributed by atoms with Gasteiger partial charge in [-0.1, -0.05) is 0 Å². The van der Waals surface area contributed by atoms with Gasteiger partial charge in [0.25, 0.3) is 5.91 Å². The number of thiophene rings is 1. The summed E-state index contributed by atoms with van der Waals surface area (Å²) in [5, 5.41) is 16.2. The molecule has 2 heterocycles. The molecule has 4 nitrogen and oxygen atoms in total. The first-order chi connectivity index (χ1) is 8.16. The molecule has 0 aliphatic heterocycles. The number of aliphatic hydroxyl groups excluding tert-OH is 1. The van der Waals surface area contributed by atoms with Crippen molar-refractivity contribution < 1.29 is 14.3 Å². The van der Waals surface area contributed by atoms with E-state index in [-0.39, 0.29) is 12.5 Å². The molecule has 17 heavy (non-hydrogen) atoms. The number of aliphatic hydroxyl groups is 1. The van der Waals surface area contributed by atoms with Gasteiger partial charge >= 0.3 is 0 Å². The lowest BCUT2D eigenvalue weighted by molar-refractivity contribution is 0.0916. The molecule has 0 saturated heterocycles. The molecule has 1 amide bonds. The normalized spacial score (nSPS) is 12.4. The van der Waals surface area contributed by atoms with Crippen molar-refractivity contribution in [3.63, 3.8) is 0 Å². The number of amides is 1. The number of hydrogen-bond acceptors (Lipinski definition) is 4. The zero-order valence-corrected chi connectivity index (χ0v) is 10.2. The number of hydrogen-bond donors (Lipinski definition) is 2. The lowest BCUT2D eigenvalue weighted by Crippen LogP contribution is -2.27. The summed E-state index contributed by atoms with van der Waals surface area (Å²) in [6.45, 7) is 1.97. The Balaban J connectivity index is 1.88. The highest BCUT2D eigenvalue weighted by Gasteiger charge is 2.12. The van der Waals surface area contributed by atoms with Crippen molar-refractivity contribution in [1.82, 2.24) is 5.32 Å². The monoisotopic (exact) mass is 251 g/mol. The number of carbonyl (C=O) groups is 1. The quantitative estimate of drug-likeness (QED) is 0.874. The third-order valence-electron chi connectivity index (χ3n) is 2.38. The van der Waals surface area contributed by atoms with Crippen molar-refractivity contribution in [2.45, 2.75) is 13.0 Å². The fourth-order valence-corrected chi connectivity index (χ4v) is 2.14. The topological polar surface area (TPSA) is 62.5 Å². The second kappa shape index (κ2) is 5.16. The lowest BCUT2D eigenvalue weighted by Gasteiger charge is -2.09. The first-order valence-electron chi connectivity index (χ1n) is 5.20. The largest absolute Gasteiger partial charge is 0.469 e. The predicted octanol–water partition coefficient (Wildman–Crippen LogP) is 2.11. The van der Waals surface area contributed by atoms with E-state index in [0.29, 0.717) is 11.3 Å². The molecule has 0 aromatic carbocycles. The van der Waals surface area contributed by atoms with Crippen molar-refractivity contribution in [2.75, 3.05) is 6.54 Å². The van der Waals surface area contributed by atoms with Gasteiger partial charge in [-0.25, -0.2) is 0 Å². The van der Waals surface area contributed by atoms with E-state index in [1.807, 2.05) is 16.8 Å². The van der Waals surface area contributed by atoms with Crippen LogP contribution in [0.25, 0.3) is 0 Å². The van der Waals surface area contributed by atoms with Crippen LogP contribution >= 0.6 is 11.3 Å². The van der Waals surface area contributed by atoms with Crippen LogP contribution in [0.1, 0.15) is 27.8 Å². The summed E-state index contributed by atoms with van der Waals surface area (Å²) < 4.78 is 5.04. The van der Waals surface area contributed by atoms with Gasteiger partial charge in [-0.3, -0.25) is 4.79 Å². The highest BCUT2D eigenvalue weighted by molar-refractivity contribution is 7.07. The van der Waals surface area contributed by atoms with Crippen LogP contribution in [0.5, 0.6) is 0 Å². The molecular formula is C12H13NO3S. The average Bonchev–Trinajstić information content (AvgIpc) is 2.95. The van der Waals surface area contributed by atoms with E-state index in [4.69, 9.17) is 4.42 Å². The Bertz CT molecular complexity index is 490. The Kier molecular flexibility index (Phi) is 3.61. The van der Waals surface area contributed by atoms with E-state index in [2.05, 4.69) is 5.32 Å². The van der Waals surface area contributed by atoms with E-state index < -0.39 is 6.10 Å². The van der Waals surface area contributed by atoms with E-state index in [9.17, 15) is 9.90 Å². The fraction of sp³-hybridized carbons (Fsp3) is 0.250. The van der Waals surface area contributed by atoms with Crippen LogP contribution in [0.15, 0.2) is 33.6 Å². The smallest absolute Gasteiger partial charge is 0.254 e. The molecule has 2 aromatic rings. The molecule has 0 saturated carbocycles. The van der Waals surface area contributed by atoms with Gasteiger partial charge in [0, 0.05) is 6.54 Å². The van der Waals surface area contributed by atoms with Gasteiger partial charge in [0.1, 0.15) is 12.0 Å². The minimum Gasteiger partial charge on any atom is -0.469 e. The van der Waals surface area contributed by atoms with Crippen molar-refractivity contribution >= 4 is 17.2 Å². The summed E-state index contributed by atoms with van der Waals surface area (Å²) in [6, 6.07) is 3.50. The van der Waals surface area contributed by atoms with Gasteiger partial charge in [0.15, 0.2) is 0 Å². The molecular weight excluding hydrogens is 238 g/mol. The van der Waals surface area contributed by atoms with Crippen molar-refractivity contribution in [3.05, 3.63) is 46.0 Å². The highest BCUT2D eigenvalue weighted by atomic mass is 32.1. The Morgan fingerprint density at radius 1 is 1.65 bits per heavy atom. The summed E-state index contributed by atoms with van der Waals surface area (Å²) in [5.41, 5.74) is 1.29. The van der Waals surface area contributed by atoms with Crippen LogP contribution in [0.2, 0.25) is 0 Å². The summed E-state index contributed by atoms with van der Waals surface area (Å²) in [5.74, 6) is 0.449. The Labute approximate surface area is 103 Å². The summed E-state index contributed by atoms with van der Waals surface area (Å²) in [4.78, 5) is 11.7.